The van der Waals surface area contributed by atoms with Crippen molar-refractivity contribution in [2.45, 2.75) is 19.1 Å². The van der Waals surface area contributed by atoms with Gasteiger partial charge in [0.1, 0.15) is 0 Å². The summed E-state index contributed by atoms with van der Waals surface area (Å²) in [4.78, 5) is 35.5. The molecule has 0 aliphatic rings. The van der Waals surface area contributed by atoms with Crippen LogP contribution in [-0.4, -0.2) is 28.3 Å². The molecule has 0 unspecified atom stereocenters. The van der Waals surface area contributed by atoms with Crippen LogP contribution in [0, 0.1) is 0 Å². The Morgan fingerprint density at radius 3 is 2.47 bits per heavy atom. The Hall–Kier alpha value is -3.69. The van der Waals surface area contributed by atoms with E-state index >= 15 is 0 Å². The van der Waals surface area contributed by atoms with Crippen LogP contribution >= 0.6 is 0 Å². The molecule has 156 valence electrons. The summed E-state index contributed by atoms with van der Waals surface area (Å²) in [5.41, 5.74) is -0.356. The van der Waals surface area contributed by atoms with E-state index in [2.05, 4.69) is 10.4 Å². The van der Waals surface area contributed by atoms with E-state index in [1.54, 1.807) is 24.3 Å². The van der Waals surface area contributed by atoms with Gasteiger partial charge in [-0.3, -0.25) is 19.1 Å². The van der Waals surface area contributed by atoms with E-state index in [0.717, 1.165) is 30.5 Å². The van der Waals surface area contributed by atoms with Crippen LogP contribution in [0.5, 0.6) is 0 Å². The first kappa shape index (κ1) is 21.0. The number of ether oxygens (including phenoxy) is 1. The quantitative estimate of drug-likeness (QED) is 0.621. The second kappa shape index (κ2) is 8.76. The van der Waals surface area contributed by atoms with Gasteiger partial charge in [-0.05, 0) is 36.4 Å². The van der Waals surface area contributed by atoms with Crippen LogP contribution in [0.15, 0.2) is 59.5 Å². The van der Waals surface area contributed by atoms with Crippen molar-refractivity contribution in [3.63, 3.8) is 0 Å². The highest BCUT2D eigenvalue weighted by molar-refractivity contribution is 5.92. The van der Waals surface area contributed by atoms with Crippen molar-refractivity contribution in [2.75, 3.05) is 11.9 Å². The fourth-order valence-electron chi connectivity index (χ4n) is 2.69. The number of halogens is 3. The van der Waals surface area contributed by atoms with Crippen LogP contribution in [0.3, 0.4) is 0 Å². The summed E-state index contributed by atoms with van der Waals surface area (Å²) in [6.45, 7) is -0.446. The molecular weight excluding hydrogens is 403 g/mol. The zero-order valence-electron chi connectivity index (χ0n) is 15.5. The lowest BCUT2D eigenvalue weighted by molar-refractivity contribution is -0.147. The maximum atomic E-state index is 12.5. The first-order chi connectivity index (χ1) is 14.2. The summed E-state index contributed by atoms with van der Waals surface area (Å²) >= 11 is 0. The van der Waals surface area contributed by atoms with E-state index in [1.165, 1.54) is 4.68 Å². The molecule has 3 aromatic rings. The molecule has 7 nitrogen and oxygen atoms in total. The smallest absolute Gasteiger partial charge is 0.416 e. The SMILES string of the molecule is O=C(COC(=O)CCn1ncc(=O)c2ccccc21)Nc1ccc(C(F)(F)F)cc1. The molecule has 3 rings (SSSR count). The number of carbonyl (C=O) groups is 2. The van der Waals surface area contributed by atoms with Crippen LogP contribution in [0.25, 0.3) is 10.9 Å². The number of hydrogen-bond donors (Lipinski definition) is 1. The fraction of sp³-hybridized carbons (Fsp3) is 0.200. The molecule has 10 heteroatoms. The van der Waals surface area contributed by atoms with Crippen molar-refractivity contribution >= 4 is 28.5 Å². The predicted octanol–water partition coefficient (Wildman–Crippen LogP) is 2.99. The average Bonchev–Trinajstić information content (AvgIpc) is 2.72. The third-order valence-electron chi connectivity index (χ3n) is 4.15. The summed E-state index contributed by atoms with van der Waals surface area (Å²) in [6.07, 6.45) is -3.40. The van der Waals surface area contributed by atoms with Crippen LogP contribution < -0.4 is 10.7 Å². The monoisotopic (exact) mass is 419 g/mol. The number of esters is 1. The van der Waals surface area contributed by atoms with Crippen LogP contribution in [-0.2, 0) is 27.0 Å². The Kier molecular flexibility index (Phi) is 6.14. The highest BCUT2D eigenvalue weighted by Crippen LogP contribution is 2.29. The van der Waals surface area contributed by atoms with E-state index in [1.807, 2.05) is 0 Å². The van der Waals surface area contributed by atoms with Crippen LogP contribution in [0.4, 0.5) is 18.9 Å². The molecule has 30 heavy (non-hydrogen) atoms. The Morgan fingerprint density at radius 2 is 1.77 bits per heavy atom. The van der Waals surface area contributed by atoms with Crippen molar-refractivity contribution in [1.29, 1.82) is 0 Å². The standard InChI is InChI=1S/C20H16F3N3O4/c21-20(22,23)13-5-7-14(8-6-13)25-18(28)12-30-19(29)9-10-26-16-4-2-1-3-15(16)17(27)11-24-26/h1-8,11H,9-10,12H2,(H,25,28). The molecule has 0 saturated carbocycles. The predicted molar refractivity (Wildman–Crippen MR) is 102 cm³/mol. The summed E-state index contributed by atoms with van der Waals surface area (Å²) in [5, 5.41) is 6.80. The molecule has 0 fully saturated rings. The molecule has 2 aromatic carbocycles. The van der Waals surface area contributed by atoms with Crippen molar-refractivity contribution in [2.24, 2.45) is 0 Å². The molecule has 0 bridgehead atoms. The number of rotatable bonds is 6. The number of alkyl halides is 3. The number of benzene rings is 2. The number of fused-ring (bicyclic) bond motifs is 1. The highest BCUT2D eigenvalue weighted by atomic mass is 19.4. The van der Waals surface area contributed by atoms with Gasteiger partial charge in [0, 0.05) is 11.1 Å². The fourth-order valence-corrected chi connectivity index (χ4v) is 2.69. The zero-order chi connectivity index (χ0) is 21.7. The number of amides is 1. The zero-order valence-corrected chi connectivity index (χ0v) is 15.5. The van der Waals surface area contributed by atoms with Crippen molar-refractivity contribution < 1.29 is 27.5 Å². The van der Waals surface area contributed by atoms with Gasteiger partial charge < -0.3 is 10.1 Å². The molecule has 0 aliphatic carbocycles. The van der Waals surface area contributed by atoms with Crippen molar-refractivity contribution in [1.82, 2.24) is 9.78 Å². The molecule has 1 amide bonds. The first-order valence-corrected chi connectivity index (χ1v) is 8.81. The molecule has 1 aromatic heterocycles. The minimum absolute atomic E-state index is 0.0899. The number of aryl methyl sites for hydroxylation is 1. The topological polar surface area (TPSA) is 90.3 Å². The number of nitrogens with one attached hydrogen (secondary N) is 1. The third-order valence-corrected chi connectivity index (χ3v) is 4.15. The molecular formula is C20H16F3N3O4. The van der Waals surface area contributed by atoms with Crippen molar-refractivity contribution in [3.05, 3.63) is 70.5 Å². The molecule has 0 saturated heterocycles. The number of aromatic nitrogens is 2. The lowest BCUT2D eigenvalue weighted by atomic mass is 10.2. The molecule has 1 heterocycles. The highest BCUT2D eigenvalue weighted by Gasteiger charge is 2.30. The number of carbonyl (C=O) groups excluding carboxylic acids is 2. The maximum absolute atomic E-state index is 12.5. The number of nitrogens with zero attached hydrogens (tertiary/aromatic N) is 2. The van der Waals surface area contributed by atoms with Crippen LogP contribution in [0.1, 0.15) is 12.0 Å². The van der Waals surface area contributed by atoms with E-state index < -0.39 is 30.2 Å². The largest absolute Gasteiger partial charge is 0.456 e. The van der Waals surface area contributed by atoms with Gasteiger partial charge in [0.25, 0.3) is 5.91 Å². The number of para-hydroxylation sites is 1. The van der Waals surface area contributed by atoms with Gasteiger partial charge >= 0.3 is 12.1 Å². The van der Waals surface area contributed by atoms with E-state index in [0.29, 0.717) is 10.9 Å². The minimum Gasteiger partial charge on any atom is -0.456 e. The molecule has 0 radical (unpaired) electrons. The van der Waals surface area contributed by atoms with Crippen molar-refractivity contribution in [3.8, 4) is 0 Å². The Balaban J connectivity index is 1.50. The molecule has 0 spiro atoms. The Labute approximate surface area is 168 Å². The molecule has 1 N–H and O–H groups in total. The second-order valence-corrected chi connectivity index (χ2v) is 6.28. The normalized spacial score (nSPS) is 11.3. The molecule has 0 atom stereocenters. The summed E-state index contributed by atoms with van der Waals surface area (Å²) in [6, 6.07) is 10.7. The summed E-state index contributed by atoms with van der Waals surface area (Å²) in [5.74, 6) is -1.35. The summed E-state index contributed by atoms with van der Waals surface area (Å²) < 4.78 is 43.9. The van der Waals surface area contributed by atoms with Gasteiger partial charge in [0.15, 0.2) is 6.61 Å². The Morgan fingerprint density at radius 1 is 1.07 bits per heavy atom. The van der Waals surface area contributed by atoms with Gasteiger partial charge in [-0.1, -0.05) is 12.1 Å². The van der Waals surface area contributed by atoms with Gasteiger partial charge in [0.05, 0.1) is 30.2 Å². The lowest BCUT2D eigenvalue weighted by Crippen LogP contribution is -2.22. The van der Waals surface area contributed by atoms with Gasteiger partial charge in [-0.15, -0.1) is 0 Å². The Bertz CT molecular complexity index is 1120. The summed E-state index contributed by atoms with van der Waals surface area (Å²) in [7, 11) is 0. The first-order valence-electron chi connectivity index (χ1n) is 8.81. The van der Waals surface area contributed by atoms with E-state index in [4.69, 9.17) is 4.74 Å². The number of hydrogen-bond acceptors (Lipinski definition) is 5. The molecule has 0 aliphatic heterocycles. The average molecular weight is 419 g/mol. The van der Waals surface area contributed by atoms with E-state index in [-0.39, 0.29) is 24.1 Å². The maximum Gasteiger partial charge on any atom is 0.416 e. The third kappa shape index (κ3) is 5.22. The van der Waals surface area contributed by atoms with Gasteiger partial charge in [-0.25, -0.2) is 0 Å². The van der Waals surface area contributed by atoms with Gasteiger partial charge in [0.2, 0.25) is 5.43 Å². The van der Waals surface area contributed by atoms with E-state index in [9.17, 15) is 27.6 Å². The van der Waals surface area contributed by atoms with Gasteiger partial charge in [-0.2, -0.15) is 18.3 Å². The van der Waals surface area contributed by atoms with Crippen LogP contribution in [0.2, 0.25) is 0 Å². The minimum atomic E-state index is -4.47. The lowest BCUT2D eigenvalue weighted by Gasteiger charge is -2.10. The second-order valence-electron chi connectivity index (χ2n) is 6.28. The number of anilines is 1.